The number of esters is 1. The standard InChI is InChI=1S/C14H20O5S/c1-10(2)9-13(19-20(4,16)17)11-5-7-12(8-6-11)14(15)18-3/h5-8,10,13H,9H2,1-4H3/t13-/m1/s1. The maximum Gasteiger partial charge on any atom is 0.337 e. The minimum Gasteiger partial charge on any atom is -0.465 e. The van der Waals surface area contributed by atoms with Crippen LogP contribution in [0.5, 0.6) is 0 Å². The van der Waals surface area contributed by atoms with E-state index in [2.05, 4.69) is 4.74 Å². The highest BCUT2D eigenvalue weighted by atomic mass is 32.2. The summed E-state index contributed by atoms with van der Waals surface area (Å²) in [4.78, 5) is 11.4. The number of hydrogen-bond donors (Lipinski definition) is 0. The Bertz CT molecular complexity index is 545. The summed E-state index contributed by atoms with van der Waals surface area (Å²) < 4.78 is 32.4. The molecular formula is C14H20O5S. The molecule has 0 amide bonds. The molecule has 0 fully saturated rings. The predicted molar refractivity (Wildman–Crippen MR) is 75.9 cm³/mol. The Morgan fingerprint density at radius 1 is 1.20 bits per heavy atom. The van der Waals surface area contributed by atoms with Crippen LogP contribution < -0.4 is 0 Å². The van der Waals surface area contributed by atoms with Gasteiger partial charge >= 0.3 is 5.97 Å². The molecule has 0 saturated carbocycles. The molecule has 0 radical (unpaired) electrons. The minimum atomic E-state index is -3.54. The number of hydrogen-bond acceptors (Lipinski definition) is 5. The zero-order chi connectivity index (χ0) is 15.3. The molecule has 112 valence electrons. The maximum atomic E-state index is 11.4. The van der Waals surface area contributed by atoms with Gasteiger partial charge in [0.25, 0.3) is 10.1 Å². The van der Waals surface area contributed by atoms with Crippen LogP contribution >= 0.6 is 0 Å². The van der Waals surface area contributed by atoms with Gasteiger partial charge in [-0.25, -0.2) is 4.79 Å². The van der Waals surface area contributed by atoms with Gasteiger partial charge in [0.1, 0.15) is 6.10 Å². The van der Waals surface area contributed by atoms with Crippen LogP contribution in [-0.4, -0.2) is 27.8 Å². The fraction of sp³-hybridized carbons (Fsp3) is 0.500. The monoisotopic (exact) mass is 300 g/mol. The molecule has 0 N–H and O–H groups in total. The lowest BCUT2D eigenvalue weighted by molar-refractivity contribution is 0.0600. The third kappa shape index (κ3) is 5.30. The van der Waals surface area contributed by atoms with Gasteiger partial charge in [-0.2, -0.15) is 8.42 Å². The van der Waals surface area contributed by atoms with Crippen LogP contribution in [-0.2, 0) is 19.0 Å². The van der Waals surface area contributed by atoms with Crippen molar-refractivity contribution < 1.29 is 22.1 Å². The molecule has 1 rings (SSSR count). The van der Waals surface area contributed by atoms with Gasteiger partial charge < -0.3 is 4.74 Å². The van der Waals surface area contributed by atoms with Crippen LogP contribution in [0.4, 0.5) is 0 Å². The summed E-state index contributed by atoms with van der Waals surface area (Å²) in [6, 6.07) is 6.56. The van der Waals surface area contributed by atoms with E-state index in [1.54, 1.807) is 24.3 Å². The number of methoxy groups -OCH3 is 1. The Kier molecular flexibility index (Phi) is 5.71. The van der Waals surface area contributed by atoms with Crippen LogP contribution in [0.3, 0.4) is 0 Å². The lowest BCUT2D eigenvalue weighted by Crippen LogP contribution is -2.13. The lowest BCUT2D eigenvalue weighted by Gasteiger charge is -2.18. The molecule has 0 heterocycles. The fourth-order valence-corrected chi connectivity index (χ4v) is 2.43. The fourth-order valence-electron chi connectivity index (χ4n) is 1.82. The Labute approximate surface area is 120 Å². The lowest BCUT2D eigenvalue weighted by atomic mass is 9.99. The third-order valence-corrected chi connectivity index (χ3v) is 3.26. The quantitative estimate of drug-likeness (QED) is 0.596. The largest absolute Gasteiger partial charge is 0.465 e. The van der Waals surface area contributed by atoms with E-state index in [-0.39, 0.29) is 5.92 Å². The number of rotatable bonds is 6. The SMILES string of the molecule is COC(=O)c1ccc([C@@H](CC(C)C)OS(C)(=O)=O)cc1. The van der Waals surface area contributed by atoms with Crippen LogP contribution in [0.25, 0.3) is 0 Å². The Morgan fingerprint density at radius 2 is 1.75 bits per heavy atom. The summed E-state index contributed by atoms with van der Waals surface area (Å²) >= 11 is 0. The molecule has 0 bridgehead atoms. The van der Waals surface area contributed by atoms with Gasteiger partial charge in [-0.1, -0.05) is 26.0 Å². The average molecular weight is 300 g/mol. The number of benzene rings is 1. The van der Waals surface area contributed by atoms with Gasteiger partial charge in [0.15, 0.2) is 0 Å². The minimum absolute atomic E-state index is 0.280. The summed E-state index contributed by atoms with van der Waals surface area (Å²) in [5.41, 5.74) is 1.13. The van der Waals surface area contributed by atoms with Gasteiger partial charge in [-0.05, 0) is 30.0 Å². The summed E-state index contributed by atoms with van der Waals surface area (Å²) in [6.07, 6.45) is 1.06. The van der Waals surface area contributed by atoms with E-state index in [1.807, 2.05) is 13.8 Å². The van der Waals surface area contributed by atoms with E-state index < -0.39 is 22.2 Å². The second-order valence-corrected chi connectivity index (χ2v) is 6.63. The first kappa shape index (κ1) is 16.7. The van der Waals surface area contributed by atoms with Gasteiger partial charge in [0.05, 0.1) is 18.9 Å². The summed E-state index contributed by atoms with van der Waals surface area (Å²) in [7, 11) is -2.23. The van der Waals surface area contributed by atoms with Gasteiger partial charge in [0.2, 0.25) is 0 Å². The van der Waals surface area contributed by atoms with E-state index >= 15 is 0 Å². The first-order valence-electron chi connectivity index (χ1n) is 6.29. The molecule has 0 unspecified atom stereocenters. The van der Waals surface area contributed by atoms with Crippen molar-refractivity contribution in [1.29, 1.82) is 0 Å². The summed E-state index contributed by atoms with van der Waals surface area (Å²) in [6.45, 7) is 3.98. The highest BCUT2D eigenvalue weighted by molar-refractivity contribution is 7.86. The molecule has 0 aliphatic heterocycles. The van der Waals surface area contributed by atoms with E-state index in [0.717, 1.165) is 11.8 Å². The summed E-state index contributed by atoms with van der Waals surface area (Å²) in [5, 5.41) is 0. The van der Waals surface area contributed by atoms with E-state index in [1.165, 1.54) is 7.11 Å². The molecule has 1 aromatic carbocycles. The zero-order valence-electron chi connectivity index (χ0n) is 12.1. The van der Waals surface area contributed by atoms with E-state index in [4.69, 9.17) is 4.18 Å². The topological polar surface area (TPSA) is 69.7 Å². The molecule has 0 aliphatic rings. The molecule has 5 nitrogen and oxygen atoms in total. The number of ether oxygens (including phenoxy) is 1. The molecule has 0 aliphatic carbocycles. The third-order valence-electron chi connectivity index (χ3n) is 2.68. The molecule has 0 aromatic heterocycles. The number of carbonyl (C=O) groups is 1. The molecule has 1 atom stereocenters. The Morgan fingerprint density at radius 3 is 2.15 bits per heavy atom. The highest BCUT2D eigenvalue weighted by Crippen LogP contribution is 2.27. The predicted octanol–water partition coefficient (Wildman–Crippen LogP) is 2.54. The smallest absolute Gasteiger partial charge is 0.337 e. The van der Waals surface area contributed by atoms with Crippen molar-refractivity contribution in [2.45, 2.75) is 26.4 Å². The van der Waals surface area contributed by atoms with Crippen molar-refractivity contribution in [2.75, 3.05) is 13.4 Å². The van der Waals surface area contributed by atoms with Crippen LogP contribution in [0.2, 0.25) is 0 Å². The Balaban J connectivity index is 2.99. The van der Waals surface area contributed by atoms with E-state index in [9.17, 15) is 13.2 Å². The van der Waals surface area contributed by atoms with Crippen LogP contribution in [0, 0.1) is 5.92 Å². The molecule has 0 spiro atoms. The first-order valence-corrected chi connectivity index (χ1v) is 8.11. The zero-order valence-corrected chi connectivity index (χ0v) is 12.9. The molecule has 6 heteroatoms. The van der Waals surface area contributed by atoms with Crippen LogP contribution in [0.1, 0.15) is 42.3 Å². The Hall–Kier alpha value is -1.40. The molecule has 1 aromatic rings. The average Bonchev–Trinajstić information content (AvgIpc) is 2.35. The van der Waals surface area contributed by atoms with Crippen molar-refractivity contribution in [3.63, 3.8) is 0 Å². The van der Waals surface area contributed by atoms with Crippen molar-refractivity contribution in [2.24, 2.45) is 5.92 Å². The number of carbonyl (C=O) groups excluding carboxylic acids is 1. The van der Waals surface area contributed by atoms with Gasteiger partial charge in [-0.15, -0.1) is 0 Å². The maximum absolute atomic E-state index is 11.4. The molecular weight excluding hydrogens is 280 g/mol. The van der Waals surface area contributed by atoms with Gasteiger partial charge in [-0.3, -0.25) is 4.18 Å². The van der Waals surface area contributed by atoms with Crippen LogP contribution in [0.15, 0.2) is 24.3 Å². The van der Waals surface area contributed by atoms with Crippen molar-refractivity contribution in [1.82, 2.24) is 0 Å². The second kappa shape index (κ2) is 6.85. The first-order chi connectivity index (χ1) is 9.23. The summed E-state index contributed by atoms with van der Waals surface area (Å²) in [5.74, 6) is -0.150. The molecule has 20 heavy (non-hydrogen) atoms. The van der Waals surface area contributed by atoms with Crippen molar-refractivity contribution >= 4 is 16.1 Å². The van der Waals surface area contributed by atoms with E-state index in [0.29, 0.717) is 12.0 Å². The highest BCUT2D eigenvalue weighted by Gasteiger charge is 2.19. The van der Waals surface area contributed by atoms with Gasteiger partial charge in [0, 0.05) is 0 Å². The van der Waals surface area contributed by atoms with Crippen molar-refractivity contribution in [3.8, 4) is 0 Å². The normalized spacial score (nSPS) is 13.2. The molecule has 0 saturated heterocycles. The van der Waals surface area contributed by atoms with Crippen molar-refractivity contribution in [3.05, 3.63) is 35.4 Å². The second-order valence-electron chi connectivity index (χ2n) is 5.03.